The number of hydrogen-bond donors (Lipinski definition) is 2. The van der Waals surface area contributed by atoms with Gasteiger partial charge in [0.1, 0.15) is 5.76 Å². The molecule has 6 nitrogen and oxygen atoms in total. The van der Waals surface area contributed by atoms with Crippen LogP contribution in [0.5, 0.6) is 0 Å². The number of rotatable bonds is 7. The molecule has 0 unspecified atom stereocenters. The van der Waals surface area contributed by atoms with Crippen LogP contribution in [0.1, 0.15) is 45.8 Å². The van der Waals surface area contributed by atoms with E-state index in [1.807, 2.05) is 30.9 Å². The number of guanidine groups is 1. The van der Waals surface area contributed by atoms with E-state index in [4.69, 9.17) is 4.42 Å². The average Bonchev–Trinajstić information content (AvgIpc) is 3.13. The van der Waals surface area contributed by atoms with Gasteiger partial charge in [-0.15, -0.1) is 24.0 Å². The Morgan fingerprint density at radius 3 is 2.69 bits per heavy atom. The zero-order valence-corrected chi connectivity index (χ0v) is 18.5. The summed E-state index contributed by atoms with van der Waals surface area (Å²) in [6.45, 7) is 9.29. The lowest BCUT2D eigenvalue weighted by Crippen LogP contribution is -2.50. The van der Waals surface area contributed by atoms with E-state index in [-0.39, 0.29) is 35.8 Å². The molecule has 0 aliphatic carbocycles. The second-order valence-corrected chi connectivity index (χ2v) is 6.89. The van der Waals surface area contributed by atoms with Crippen molar-refractivity contribution >= 4 is 35.8 Å². The van der Waals surface area contributed by atoms with Crippen LogP contribution in [0.15, 0.2) is 27.8 Å². The largest absolute Gasteiger partial charge is 0.469 e. The van der Waals surface area contributed by atoms with Gasteiger partial charge in [0.25, 0.3) is 0 Å². The van der Waals surface area contributed by atoms with Gasteiger partial charge in [-0.25, -0.2) is 0 Å². The highest BCUT2D eigenvalue weighted by molar-refractivity contribution is 14.0. The van der Waals surface area contributed by atoms with Gasteiger partial charge in [0.2, 0.25) is 5.91 Å². The van der Waals surface area contributed by atoms with Crippen LogP contribution in [0.25, 0.3) is 0 Å². The monoisotopic (exact) mass is 476 g/mol. The predicted molar refractivity (Wildman–Crippen MR) is 116 cm³/mol. The summed E-state index contributed by atoms with van der Waals surface area (Å²) >= 11 is 0. The first kappa shape index (κ1) is 22.8. The normalized spacial score (nSPS) is 15.7. The first-order chi connectivity index (χ1) is 12.1. The lowest BCUT2D eigenvalue weighted by atomic mass is 10.0. The molecule has 0 bridgehead atoms. The van der Waals surface area contributed by atoms with Crippen LogP contribution < -0.4 is 10.6 Å². The molecule has 0 aromatic carbocycles. The third-order valence-electron chi connectivity index (χ3n) is 4.38. The Bertz CT molecular complexity index is 538. The molecule has 1 amide bonds. The molecule has 0 atom stereocenters. The molecule has 2 N–H and O–H groups in total. The zero-order valence-electron chi connectivity index (χ0n) is 16.2. The van der Waals surface area contributed by atoms with Gasteiger partial charge in [-0.2, -0.15) is 0 Å². The van der Waals surface area contributed by atoms with Gasteiger partial charge >= 0.3 is 0 Å². The fourth-order valence-electron chi connectivity index (χ4n) is 2.94. The van der Waals surface area contributed by atoms with Crippen molar-refractivity contribution in [3.8, 4) is 0 Å². The van der Waals surface area contributed by atoms with Crippen molar-refractivity contribution in [3.63, 3.8) is 0 Å². The van der Waals surface area contributed by atoms with E-state index in [2.05, 4.69) is 22.5 Å². The Balaban J connectivity index is 0.00000338. The molecule has 0 saturated carbocycles. The Morgan fingerprint density at radius 2 is 2.12 bits per heavy atom. The van der Waals surface area contributed by atoms with E-state index in [1.165, 1.54) is 0 Å². The Kier molecular flexibility index (Phi) is 10.7. The second-order valence-electron chi connectivity index (χ2n) is 6.89. The quantitative estimate of drug-likeness (QED) is 0.361. The van der Waals surface area contributed by atoms with Crippen molar-refractivity contribution in [2.45, 2.75) is 52.5 Å². The van der Waals surface area contributed by atoms with Crippen LogP contribution in [-0.2, 0) is 11.2 Å². The summed E-state index contributed by atoms with van der Waals surface area (Å²) in [7, 11) is 0. The minimum absolute atomic E-state index is 0. The molecule has 0 spiro atoms. The van der Waals surface area contributed by atoms with Gasteiger partial charge in [-0.1, -0.05) is 20.8 Å². The van der Waals surface area contributed by atoms with E-state index in [1.54, 1.807) is 6.26 Å². The number of aliphatic imine (C=N–C) groups is 1. The minimum Gasteiger partial charge on any atom is -0.469 e. The predicted octanol–water partition coefficient (Wildman–Crippen LogP) is 3.03. The van der Waals surface area contributed by atoms with E-state index in [9.17, 15) is 4.79 Å². The van der Waals surface area contributed by atoms with Gasteiger partial charge in [-0.3, -0.25) is 9.79 Å². The molecule has 1 saturated heterocycles. The lowest BCUT2D eigenvalue weighted by Gasteiger charge is -2.34. The summed E-state index contributed by atoms with van der Waals surface area (Å²) in [4.78, 5) is 18.7. The van der Waals surface area contributed by atoms with Crippen molar-refractivity contribution in [2.75, 3.05) is 26.2 Å². The lowest BCUT2D eigenvalue weighted by molar-refractivity contribution is -0.135. The number of likely N-dealkylation sites (tertiary alicyclic amines) is 1. The first-order valence-electron chi connectivity index (χ1n) is 9.46. The molecule has 1 fully saturated rings. The van der Waals surface area contributed by atoms with E-state index in [0.717, 1.165) is 63.6 Å². The van der Waals surface area contributed by atoms with E-state index in [0.29, 0.717) is 6.04 Å². The number of amides is 1. The molecule has 148 valence electrons. The van der Waals surface area contributed by atoms with Crippen molar-refractivity contribution in [1.29, 1.82) is 0 Å². The maximum absolute atomic E-state index is 12.1. The van der Waals surface area contributed by atoms with Gasteiger partial charge in [0, 0.05) is 44.6 Å². The molecule has 1 aliphatic heterocycles. The zero-order chi connectivity index (χ0) is 18.1. The Hall–Kier alpha value is -1.25. The molecule has 1 aromatic rings. The molecule has 7 heteroatoms. The number of halogens is 1. The van der Waals surface area contributed by atoms with E-state index >= 15 is 0 Å². The van der Waals surface area contributed by atoms with Crippen molar-refractivity contribution in [2.24, 2.45) is 10.9 Å². The number of piperidine rings is 1. The molecule has 1 aromatic heterocycles. The fraction of sp³-hybridized carbons (Fsp3) is 0.684. The SMILES string of the molecule is CCCN=C(NCCc1ccco1)NC1CCN(C(=O)C(C)C)CC1.I. The summed E-state index contributed by atoms with van der Waals surface area (Å²) in [6, 6.07) is 4.26. The third kappa shape index (κ3) is 7.55. The maximum atomic E-state index is 12.1. The van der Waals surface area contributed by atoms with Crippen molar-refractivity contribution in [1.82, 2.24) is 15.5 Å². The summed E-state index contributed by atoms with van der Waals surface area (Å²) < 4.78 is 5.36. The van der Waals surface area contributed by atoms with Crippen LogP contribution in [0.2, 0.25) is 0 Å². The van der Waals surface area contributed by atoms with Gasteiger partial charge in [0.05, 0.1) is 6.26 Å². The molecule has 0 radical (unpaired) electrons. The molecule has 1 aliphatic rings. The Labute approximate surface area is 174 Å². The summed E-state index contributed by atoms with van der Waals surface area (Å²) in [5.41, 5.74) is 0. The summed E-state index contributed by atoms with van der Waals surface area (Å²) in [6.07, 6.45) is 5.48. The van der Waals surface area contributed by atoms with Crippen LogP contribution in [0.3, 0.4) is 0 Å². The molecule has 2 heterocycles. The molecule has 26 heavy (non-hydrogen) atoms. The smallest absolute Gasteiger partial charge is 0.225 e. The summed E-state index contributed by atoms with van der Waals surface area (Å²) in [5, 5.41) is 6.92. The van der Waals surface area contributed by atoms with Crippen molar-refractivity contribution in [3.05, 3.63) is 24.2 Å². The number of carbonyl (C=O) groups excluding carboxylic acids is 1. The first-order valence-corrected chi connectivity index (χ1v) is 9.46. The second kappa shape index (κ2) is 12.2. The van der Waals surface area contributed by atoms with Gasteiger partial charge in [0.15, 0.2) is 5.96 Å². The average molecular weight is 476 g/mol. The molecular weight excluding hydrogens is 443 g/mol. The van der Waals surface area contributed by atoms with E-state index < -0.39 is 0 Å². The van der Waals surface area contributed by atoms with Gasteiger partial charge in [-0.05, 0) is 31.4 Å². The van der Waals surface area contributed by atoms with Crippen LogP contribution in [-0.4, -0.2) is 49.0 Å². The minimum atomic E-state index is 0. The van der Waals surface area contributed by atoms with Crippen molar-refractivity contribution < 1.29 is 9.21 Å². The number of nitrogens with zero attached hydrogens (tertiary/aromatic N) is 2. The topological polar surface area (TPSA) is 69.9 Å². The van der Waals surface area contributed by atoms with Crippen LogP contribution in [0, 0.1) is 5.92 Å². The maximum Gasteiger partial charge on any atom is 0.225 e. The summed E-state index contributed by atoms with van der Waals surface area (Å²) in [5.74, 6) is 2.18. The molecular formula is C19H33IN4O2. The highest BCUT2D eigenvalue weighted by Gasteiger charge is 2.24. The molecule has 2 rings (SSSR count). The number of carbonyl (C=O) groups is 1. The standard InChI is InChI=1S/C19H32N4O2.HI/c1-4-10-20-19(21-11-7-17-6-5-14-25-17)22-16-8-12-23(13-9-16)18(24)15(2)3;/h5-6,14-16H,4,7-13H2,1-3H3,(H2,20,21,22);1H. The highest BCUT2D eigenvalue weighted by Crippen LogP contribution is 2.13. The number of hydrogen-bond acceptors (Lipinski definition) is 3. The fourth-order valence-corrected chi connectivity index (χ4v) is 2.94. The van der Waals surface area contributed by atoms with Gasteiger partial charge < -0.3 is 20.0 Å². The third-order valence-corrected chi connectivity index (χ3v) is 4.38. The number of furan rings is 1. The Morgan fingerprint density at radius 1 is 1.38 bits per heavy atom. The number of nitrogens with one attached hydrogen (secondary N) is 2. The highest BCUT2D eigenvalue weighted by atomic mass is 127. The van der Waals surface area contributed by atoms with Crippen LogP contribution in [0.4, 0.5) is 0 Å². The van der Waals surface area contributed by atoms with Crippen LogP contribution >= 0.6 is 24.0 Å².